The summed E-state index contributed by atoms with van der Waals surface area (Å²) in [4.78, 5) is 2.35. The van der Waals surface area contributed by atoms with E-state index in [1.54, 1.807) is 0 Å². The second kappa shape index (κ2) is 8.73. The van der Waals surface area contributed by atoms with E-state index in [4.69, 9.17) is 4.74 Å². The van der Waals surface area contributed by atoms with Crippen LogP contribution in [0.1, 0.15) is 45.6 Å². The summed E-state index contributed by atoms with van der Waals surface area (Å²) in [5.41, 5.74) is 3.49. The molecule has 0 amide bonds. The Morgan fingerprint density at radius 2 is 1.96 bits per heavy atom. The van der Waals surface area contributed by atoms with E-state index in [2.05, 4.69) is 55.0 Å². The molecule has 126 valence electrons. The zero-order valence-corrected chi connectivity index (χ0v) is 14.8. The number of aromatic nitrogens is 2. The standard InChI is InChI=1S/C19H29N3O/c1-5-7-12-22(4)14-17-13-20-21-19(17)16-8-10-18(11-9-16)23-15(3)6-2/h8-11,13,15H,5-7,12,14H2,1-4H3,(H,20,21)/t15-/m0/s1. The van der Waals surface area contributed by atoms with Crippen LogP contribution in [0, 0.1) is 0 Å². The lowest BCUT2D eigenvalue weighted by Gasteiger charge is -2.16. The van der Waals surface area contributed by atoms with Crippen LogP contribution in [0.2, 0.25) is 0 Å². The molecular formula is C19H29N3O. The highest BCUT2D eigenvalue weighted by Gasteiger charge is 2.10. The Morgan fingerprint density at radius 3 is 2.61 bits per heavy atom. The van der Waals surface area contributed by atoms with Crippen molar-refractivity contribution in [1.29, 1.82) is 0 Å². The van der Waals surface area contributed by atoms with Gasteiger partial charge in [0.2, 0.25) is 0 Å². The zero-order chi connectivity index (χ0) is 16.7. The van der Waals surface area contributed by atoms with Crippen molar-refractivity contribution in [3.8, 4) is 17.0 Å². The molecule has 2 rings (SSSR count). The maximum atomic E-state index is 5.84. The molecule has 1 N–H and O–H groups in total. The third-order valence-corrected chi connectivity index (χ3v) is 4.11. The molecule has 0 bridgehead atoms. The molecule has 0 aliphatic heterocycles. The summed E-state index contributed by atoms with van der Waals surface area (Å²) in [6.07, 6.45) is 5.64. The Balaban J connectivity index is 2.06. The molecule has 0 saturated heterocycles. The highest BCUT2D eigenvalue weighted by Crippen LogP contribution is 2.25. The van der Waals surface area contributed by atoms with Crippen molar-refractivity contribution in [3.63, 3.8) is 0 Å². The van der Waals surface area contributed by atoms with E-state index in [-0.39, 0.29) is 6.10 Å². The lowest BCUT2D eigenvalue weighted by molar-refractivity contribution is 0.217. The van der Waals surface area contributed by atoms with Gasteiger partial charge < -0.3 is 9.64 Å². The van der Waals surface area contributed by atoms with Crippen molar-refractivity contribution in [2.75, 3.05) is 13.6 Å². The van der Waals surface area contributed by atoms with E-state index in [0.717, 1.165) is 36.5 Å². The van der Waals surface area contributed by atoms with Gasteiger partial charge in [-0.15, -0.1) is 0 Å². The number of unbranched alkanes of at least 4 members (excludes halogenated alkanes) is 1. The highest BCUT2D eigenvalue weighted by atomic mass is 16.5. The lowest BCUT2D eigenvalue weighted by Crippen LogP contribution is -2.19. The predicted molar refractivity (Wildman–Crippen MR) is 95.6 cm³/mol. The molecule has 4 nitrogen and oxygen atoms in total. The Labute approximate surface area is 139 Å². The van der Waals surface area contributed by atoms with Crippen LogP contribution in [-0.2, 0) is 6.54 Å². The van der Waals surface area contributed by atoms with Crippen LogP contribution in [0.3, 0.4) is 0 Å². The monoisotopic (exact) mass is 315 g/mol. The van der Waals surface area contributed by atoms with E-state index in [0.29, 0.717) is 0 Å². The molecule has 4 heteroatoms. The van der Waals surface area contributed by atoms with Crippen LogP contribution in [0.5, 0.6) is 5.75 Å². The number of benzene rings is 1. The van der Waals surface area contributed by atoms with Crippen molar-refractivity contribution < 1.29 is 4.74 Å². The average Bonchev–Trinajstić information content (AvgIpc) is 3.01. The van der Waals surface area contributed by atoms with Gasteiger partial charge in [0.05, 0.1) is 18.0 Å². The van der Waals surface area contributed by atoms with Crippen molar-refractivity contribution in [2.24, 2.45) is 0 Å². The van der Waals surface area contributed by atoms with Gasteiger partial charge in [-0.3, -0.25) is 5.10 Å². The van der Waals surface area contributed by atoms with Gasteiger partial charge in [0.15, 0.2) is 0 Å². The first-order valence-corrected chi connectivity index (χ1v) is 8.61. The quantitative estimate of drug-likeness (QED) is 0.741. The number of aromatic amines is 1. The van der Waals surface area contributed by atoms with Gasteiger partial charge in [0.25, 0.3) is 0 Å². The van der Waals surface area contributed by atoms with E-state index >= 15 is 0 Å². The van der Waals surface area contributed by atoms with Crippen molar-refractivity contribution >= 4 is 0 Å². The Morgan fingerprint density at radius 1 is 1.22 bits per heavy atom. The third kappa shape index (κ3) is 5.10. The summed E-state index contributed by atoms with van der Waals surface area (Å²) < 4.78 is 5.84. The number of hydrogen-bond donors (Lipinski definition) is 1. The first-order valence-electron chi connectivity index (χ1n) is 8.61. The molecule has 1 heterocycles. The maximum absolute atomic E-state index is 5.84. The fraction of sp³-hybridized carbons (Fsp3) is 0.526. The van der Waals surface area contributed by atoms with Crippen molar-refractivity contribution in [2.45, 2.75) is 52.7 Å². The molecule has 1 aromatic heterocycles. The number of rotatable bonds is 9. The molecule has 0 spiro atoms. The normalized spacial score (nSPS) is 12.6. The minimum absolute atomic E-state index is 0.246. The number of H-pyrrole nitrogens is 1. The van der Waals surface area contributed by atoms with Gasteiger partial charge in [-0.05, 0) is 57.6 Å². The summed E-state index contributed by atoms with van der Waals surface area (Å²) in [6.45, 7) is 8.47. The molecule has 0 fully saturated rings. The first-order chi connectivity index (χ1) is 11.1. The smallest absolute Gasteiger partial charge is 0.119 e. The van der Waals surface area contributed by atoms with Crippen LogP contribution < -0.4 is 4.74 Å². The van der Waals surface area contributed by atoms with Crippen molar-refractivity contribution in [3.05, 3.63) is 36.0 Å². The predicted octanol–water partition coefficient (Wildman–Crippen LogP) is 4.49. The molecule has 23 heavy (non-hydrogen) atoms. The molecular weight excluding hydrogens is 286 g/mol. The average molecular weight is 315 g/mol. The Bertz CT molecular complexity index is 577. The number of nitrogens with one attached hydrogen (secondary N) is 1. The highest BCUT2D eigenvalue weighted by molar-refractivity contribution is 5.63. The lowest BCUT2D eigenvalue weighted by atomic mass is 10.1. The van der Waals surface area contributed by atoms with Crippen LogP contribution in [0.15, 0.2) is 30.5 Å². The minimum Gasteiger partial charge on any atom is -0.491 e. The first kappa shape index (κ1) is 17.5. The van der Waals surface area contributed by atoms with Crippen LogP contribution >= 0.6 is 0 Å². The van der Waals surface area contributed by atoms with Gasteiger partial charge in [-0.2, -0.15) is 5.10 Å². The summed E-state index contributed by atoms with van der Waals surface area (Å²) >= 11 is 0. The number of ether oxygens (including phenoxy) is 1. The molecule has 0 aliphatic rings. The fourth-order valence-electron chi connectivity index (χ4n) is 2.49. The maximum Gasteiger partial charge on any atom is 0.119 e. The second-order valence-corrected chi connectivity index (χ2v) is 6.22. The molecule has 0 aliphatic carbocycles. The molecule has 0 saturated carbocycles. The second-order valence-electron chi connectivity index (χ2n) is 6.22. The summed E-state index contributed by atoms with van der Waals surface area (Å²) in [6, 6.07) is 8.27. The molecule has 2 aromatic rings. The Hall–Kier alpha value is -1.81. The topological polar surface area (TPSA) is 41.2 Å². The van der Waals surface area contributed by atoms with E-state index < -0.39 is 0 Å². The van der Waals surface area contributed by atoms with Gasteiger partial charge in [-0.1, -0.05) is 20.3 Å². The fourth-order valence-corrected chi connectivity index (χ4v) is 2.49. The molecule has 0 radical (unpaired) electrons. The van der Waals surface area contributed by atoms with E-state index in [9.17, 15) is 0 Å². The van der Waals surface area contributed by atoms with E-state index in [1.807, 2.05) is 18.3 Å². The SMILES string of the molecule is CCCCN(C)Cc1cn[nH]c1-c1ccc(O[C@@H](C)CC)cc1. The van der Waals surface area contributed by atoms with Crippen LogP contribution in [-0.4, -0.2) is 34.8 Å². The summed E-state index contributed by atoms with van der Waals surface area (Å²) in [5.74, 6) is 0.921. The van der Waals surface area contributed by atoms with Gasteiger partial charge >= 0.3 is 0 Å². The summed E-state index contributed by atoms with van der Waals surface area (Å²) in [5, 5.41) is 7.37. The van der Waals surface area contributed by atoms with Gasteiger partial charge in [0.1, 0.15) is 5.75 Å². The minimum atomic E-state index is 0.246. The van der Waals surface area contributed by atoms with Crippen LogP contribution in [0.4, 0.5) is 0 Å². The summed E-state index contributed by atoms with van der Waals surface area (Å²) in [7, 11) is 2.16. The van der Waals surface area contributed by atoms with Gasteiger partial charge in [-0.25, -0.2) is 0 Å². The molecule has 1 aromatic carbocycles. The number of hydrogen-bond acceptors (Lipinski definition) is 3. The largest absolute Gasteiger partial charge is 0.491 e. The van der Waals surface area contributed by atoms with E-state index in [1.165, 1.54) is 18.4 Å². The Kier molecular flexibility index (Phi) is 6.66. The molecule has 1 atom stereocenters. The van der Waals surface area contributed by atoms with Crippen LogP contribution in [0.25, 0.3) is 11.3 Å². The molecule has 0 unspecified atom stereocenters. The van der Waals surface area contributed by atoms with Gasteiger partial charge in [0, 0.05) is 17.7 Å². The number of nitrogens with zero attached hydrogens (tertiary/aromatic N) is 2. The van der Waals surface area contributed by atoms with Crippen molar-refractivity contribution in [1.82, 2.24) is 15.1 Å². The zero-order valence-electron chi connectivity index (χ0n) is 14.8. The third-order valence-electron chi connectivity index (χ3n) is 4.11.